The van der Waals surface area contributed by atoms with E-state index >= 15 is 0 Å². The van der Waals surface area contributed by atoms with Crippen molar-refractivity contribution in [3.63, 3.8) is 0 Å². The third-order valence-corrected chi connectivity index (χ3v) is 3.52. The Morgan fingerprint density at radius 1 is 1.12 bits per heavy atom. The zero-order chi connectivity index (χ0) is 12.3. The second kappa shape index (κ2) is 5.67. The van der Waals surface area contributed by atoms with Gasteiger partial charge in [0.2, 0.25) is 0 Å². The molecular formula is C14H13BrClN. The molecule has 0 amide bonds. The Labute approximate surface area is 115 Å². The first-order chi connectivity index (χ1) is 8.22. The first-order valence-corrected chi connectivity index (χ1v) is 6.56. The first kappa shape index (κ1) is 12.6. The summed E-state index contributed by atoms with van der Waals surface area (Å²) in [6, 6.07) is 16.3. The van der Waals surface area contributed by atoms with Crippen LogP contribution in [0.3, 0.4) is 0 Å². The minimum absolute atomic E-state index is 0.112. The van der Waals surface area contributed by atoms with Crippen LogP contribution in [0.25, 0.3) is 0 Å². The molecule has 0 heterocycles. The van der Waals surface area contributed by atoms with Gasteiger partial charge >= 0.3 is 0 Å². The summed E-state index contributed by atoms with van der Waals surface area (Å²) < 4.78 is 1.07. The molecule has 2 rings (SSSR count). The highest BCUT2D eigenvalue weighted by molar-refractivity contribution is 9.10. The van der Waals surface area contributed by atoms with Crippen LogP contribution in [-0.4, -0.2) is 7.05 Å². The van der Waals surface area contributed by atoms with Crippen LogP contribution in [0.1, 0.15) is 17.2 Å². The highest BCUT2D eigenvalue weighted by Crippen LogP contribution is 2.29. The van der Waals surface area contributed by atoms with Crippen LogP contribution in [0.5, 0.6) is 0 Å². The molecule has 1 unspecified atom stereocenters. The molecule has 0 fully saturated rings. The number of hydrogen-bond acceptors (Lipinski definition) is 1. The van der Waals surface area contributed by atoms with Gasteiger partial charge in [-0.2, -0.15) is 0 Å². The molecule has 0 aliphatic carbocycles. The minimum Gasteiger partial charge on any atom is -0.309 e. The van der Waals surface area contributed by atoms with Gasteiger partial charge < -0.3 is 5.32 Å². The van der Waals surface area contributed by atoms with Gasteiger partial charge in [0, 0.05) is 9.50 Å². The van der Waals surface area contributed by atoms with Gasteiger partial charge in [-0.15, -0.1) is 0 Å². The SMILES string of the molecule is CNC(c1cccc(Br)c1)c1ccccc1Cl. The molecule has 1 atom stereocenters. The lowest BCUT2D eigenvalue weighted by Gasteiger charge is -2.18. The maximum Gasteiger partial charge on any atom is 0.0589 e. The number of nitrogens with one attached hydrogen (secondary N) is 1. The zero-order valence-electron chi connectivity index (χ0n) is 9.45. The van der Waals surface area contributed by atoms with E-state index in [-0.39, 0.29) is 6.04 Å². The summed E-state index contributed by atoms with van der Waals surface area (Å²) >= 11 is 9.73. The fourth-order valence-corrected chi connectivity index (χ4v) is 2.56. The third kappa shape index (κ3) is 2.89. The highest BCUT2D eigenvalue weighted by Gasteiger charge is 2.14. The second-order valence-corrected chi connectivity index (χ2v) is 5.12. The summed E-state index contributed by atoms with van der Waals surface area (Å²) in [7, 11) is 1.94. The van der Waals surface area contributed by atoms with Gasteiger partial charge in [0.05, 0.1) is 6.04 Å². The average molecular weight is 311 g/mol. The average Bonchev–Trinajstić information content (AvgIpc) is 2.33. The van der Waals surface area contributed by atoms with E-state index in [9.17, 15) is 0 Å². The van der Waals surface area contributed by atoms with Crippen molar-refractivity contribution >= 4 is 27.5 Å². The molecule has 0 spiro atoms. The third-order valence-electron chi connectivity index (χ3n) is 2.69. The molecule has 0 saturated heterocycles. The van der Waals surface area contributed by atoms with E-state index in [1.54, 1.807) is 0 Å². The van der Waals surface area contributed by atoms with E-state index in [4.69, 9.17) is 11.6 Å². The summed E-state index contributed by atoms with van der Waals surface area (Å²) in [6.45, 7) is 0. The summed E-state index contributed by atoms with van der Waals surface area (Å²) in [4.78, 5) is 0. The van der Waals surface area contributed by atoms with Gasteiger partial charge in [-0.1, -0.05) is 57.9 Å². The Morgan fingerprint density at radius 2 is 1.88 bits per heavy atom. The van der Waals surface area contributed by atoms with Crippen molar-refractivity contribution in [1.29, 1.82) is 0 Å². The van der Waals surface area contributed by atoms with Crippen molar-refractivity contribution < 1.29 is 0 Å². The Balaban J connectivity index is 2.44. The monoisotopic (exact) mass is 309 g/mol. The number of rotatable bonds is 3. The molecule has 2 aromatic rings. The largest absolute Gasteiger partial charge is 0.309 e. The Morgan fingerprint density at radius 3 is 2.53 bits per heavy atom. The Hall–Kier alpha value is -0.830. The molecule has 1 N–H and O–H groups in total. The van der Waals surface area contributed by atoms with Crippen molar-refractivity contribution in [1.82, 2.24) is 5.32 Å². The molecule has 1 nitrogen and oxygen atoms in total. The molecule has 2 aromatic carbocycles. The molecule has 0 aromatic heterocycles. The maximum absolute atomic E-state index is 6.24. The zero-order valence-corrected chi connectivity index (χ0v) is 11.8. The van der Waals surface area contributed by atoms with E-state index in [1.165, 1.54) is 5.56 Å². The van der Waals surface area contributed by atoms with Crippen LogP contribution in [0.2, 0.25) is 5.02 Å². The van der Waals surface area contributed by atoms with Gasteiger partial charge in [0.15, 0.2) is 0 Å². The molecule has 3 heteroatoms. The van der Waals surface area contributed by atoms with Crippen molar-refractivity contribution in [2.75, 3.05) is 7.05 Å². The summed E-state index contributed by atoms with van der Waals surface area (Å²) in [5.41, 5.74) is 2.28. The summed E-state index contributed by atoms with van der Waals surface area (Å²) in [5.74, 6) is 0. The summed E-state index contributed by atoms with van der Waals surface area (Å²) in [5, 5.41) is 4.08. The fraction of sp³-hybridized carbons (Fsp3) is 0.143. The lowest BCUT2D eigenvalue weighted by Crippen LogP contribution is -2.17. The Kier molecular flexibility index (Phi) is 4.21. The lowest BCUT2D eigenvalue weighted by molar-refractivity contribution is 0.691. The molecule has 0 bridgehead atoms. The highest BCUT2D eigenvalue weighted by atomic mass is 79.9. The molecule has 0 aliphatic heterocycles. The van der Waals surface area contributed by atoms with E-state index < -0.39 is 0 Å². The first-order valence-electron chi connectivity index (χ1n) is 5.39. The molecular weight excluding hydrogens is 298 g/mol. The molecule has 0 radical (unpaired) electrons. The van der Waals surface area contributed by atoms with E-state index in [1.807, 2.05) is 43.4 Å². The predicted molar refractivity (Wildman–Crippen MR) is 76.5 cm³/mol. The van der Waals surface area contributed by atoms with Gasteiger partial charge in [-0.25, -0.2) is 0 Å². The van der Waals surface area contributed by atoms with Crippen LogP contribution in [-0.2, 0) is 0 Å². The van der Waals surface area contributed by atoms with Gasteiger partial charge in [-0.3, -0.25) is 0 Å². The molecule has 0 saturated carbocycles. The van der Waals surface area contributed by atoms with Crippen molar-refractivity contribution in [2.45, 2.75) is 6.04 Å². The van der Waals surface area contributed by atoms with E-state index in [0.717, 1.165) is 15.1 Å². The normalized spacial score (nSPS) is 12.4. The van der Waals surface area contributed by atoms with Gasteiger partial charge in [0.1, 0.15) is 0 Å². The molecule has 88 valence electrons. The standard InChI is InChI=1S/C14H13BrClN/c1-17-14(10-5-4-6-11(15)9-10)12-7-2-3-8-13(12)16/h2-9,14,17H,1H3. The second-order valence-electron chi connectivity index (χ2n) is 3.80. The number of benzene rings is 2. The lowest BCUT2D eigenvalue weighted by atomic mass is 9.99. The topological polar surface area (TPSA) is 12.0 Å². The van der Waals surface area contributed by atoms with E-state index in [2.05, 4.69) is 33.4 Å². The molecule has 0 aliphatic rings. The van der Waals surface area contributed by atoms with Gasteiger partial charge in [0.25, 0.3) is 0 Å². The predicted octanol–water partition coefficient (Wildman–Crippen LogP) is 4.41. The Bertz CT molecular complexity index is 513. The van der Waals surface area contributed by atoms with E-state index in [0.29, 0.717) is 0 Å². The fourth-order valence-electron chi connectivity index (χ4n) is 1.90. The van der Waals surface area contributed by atoms with Crippen molar-refractivity contribution in [2.24, 2.45) is 0 Å². The van der Waals surface area contributed by atoms with Crippen LogP contribution >= 0.6 is 27.5 Å². The number of halogens is 2. The maximum atomic E-state index is 6.24. The summed E-state index contributed by atoms with van der Waals surface area (Å²) in [6.07, 6.45) is 0. The van der Waals surface area contributed by atoms with Crippen LogP contribution in [0.15, 0.2) is 53.0 Å². The van der Waals surface area contributed by atoms with Crippen LogP contribution in [0.4, 0.5) is 0 Å². The van der Waals surface area contributed by atoms with Gasteiger partial charge in [-0.05, 0) is 36.4 Å². The number of hydrogen-bond donors (Lipinski definition) is 1. The smallest absolute Gasteiger partial charge is 0.0589 e. The molecule has 17 heavy (non-hydrogen) atoms. The van der Waals surface area contributed by atoms with Crippen molar-refractivity contribution in [3.8, 4) is 0 Å². The van der Waals surface area contributed by atoms with Crippen molar-refractivity contribution in [3.05, 3.63) is 69.2 Å². The minimum atomic E-state index is 0.112. The quantitative estimate of drug-likeness (QED) is 0.885. The van der Waals surface area contributed by atoms with Crippen LogP contribution in [0, 0.1) is 0 Å². The van der Waals surface area contributed by atoms with Crippen LogP contribution < -0.4 is 5.32 Å².